The van der Waals surface area contributed by atoms with Gasteiger partial charge in [-0.2, -0.15) is 0 Å². The summed E-state index contributed by atoms with van der Waals surface area (Å²) in [5.74, 6) is 1.42. The number of nitrogens with one attached hydrogen (secondary N) is 1. The molecule has 2 fully saturated rings. The number of carbonyl (C=O) groups excluding carboxylic acids is 1. The molecule has 1 saturated heterocycles. The highest BCUT2D eigenvalue weighted by Crippen LogP contribution is 2.31. The van der Waals surface area contributed by atoms with Crippen molar-refractivity contribution in [3.8, 4) is 0 Å². The van der Waals surface area contributed by atoms with E-state index in [9.17, 15) is 4.79 Å². The van der Waals surface area contributed by atoms with Gasteiger partial charge in [-0.25, -0.2) is 4.98 Å². The maximum absolute atomic E-state index is 11.7. The first-order valence-electron chi connectivity index (χ1n) is 6.77. The van der Waals surface area contributed by atoms with Crippen molar-refractivity contribution in [1.82, 2.24) is 4.98 Å². The molecule has 1 aromatic heterocycles. The molecule has 1 amide bonds. The highest BCUT2D eigenvalue weighted by molar-refractivity contribution is 5.94. The highest BCUT2D eigenvalue weighted by Gasteiger charge is 2.29. The van der Waals surface area contributed by atoms with Crippen molar-refractivity contribution in [2.24, 2.45) is 5.92 Å². The average molecular weight is 245 g/mol. The Balaban J connectivity index is 1.73. The first-order chi connectivity index (χ1) is 8.74. The molecule has 3 rings (SSSR count). The average Bonchev–Trinajstić information content (AvgIpc) is 3.07. The molecule has 0 unspecified atom stereocenters. The number of pyridine rings is 1. The first-order valence-corrected chi connectivity index (χ1v) is 6.77. The van der Waals surface area contributed by atoms with Crippen molar-refractivity contribution in [2.45, 2.75) is 32.6 Å². The van der Waals surface area contributed by atoms with Crippen LogP contribution in [0.25, 0.3) is 0 Å². The third-order valence-electron chi connectivity index (χ3n) is 3.71. The van der Waals surface area contributed by atoms with Crippen LogP contribution in [0.15, 0.2) is 12.1 Å². The van der Waals surface area contributed by atoms with Crippen molar-refractivity contribution >= 4 is 17.4 Å². The van der Waals surface area contributed by atoms with Crippen LogP contribution < -0.4 is 10.2 Å². The van der Waals surface area contributed by atoms with Crippen LogP contribution in [0.3, 0.4) is 0 Å². The minimum Gasteiger partial charge on any atom is -0.357 e. The summed E-state index contributed by atoms with van der Waals surface area (Å²) in [6, 6.07) is 4.00. The molecule has 0 radical (unpaired) electrons. The number of carbonyl (C=O) groups is 1. The lowest BCUT2D eigenvalue weighted by molar-refractivity contribution is -0.117. The van der Waals surface area contributed by atoms with Crippen molar-refractivity contribution < 1.29 is 4.79 Å². The summed E-state index contributed by atoms with van der Waals surface area (Å²) < 4.78 is 0. The number of hydrogen-bond acceptors (Lipinski definition) is 3. The summed E-state index contributed by atoms with van der Waals surface area (Å²) in [7, 11) is 0. The van der Waals surface area contributed by atoms with Crippen LogP contribution in [0.5, 0.6) is 0 Å². The SMILES string of the molecule is Cc1nc(N2CCCC2)ccc1NC(=O)C1CC1. The Morgan fingerprint density at radius 1 is 1.33 bits per heavy atom. The number of aryl methyl sites for hydroxylation is 1. The topological polar surface area (TPSA) is 45.2 Å². The maximum atomic E-state index is 11.7. The zero-order chi connectivity index (χ0) is 12.5. The molecule has 0 aromatic carbocycles. The molecule has 1 aliphatic heterocycles. The zero-order valence-electron chi connectivity index (χ0n) is 10.8. The van der Waals surface area contributed by atoms with Crippen LogP contribution in [-0.2, 0) is 4.79 Å². The number of anilines is 2. The van der Waals surface area contributed by atoms with Crippen LogP contribution in [0, 0.1) is 12.8 Å². The van der Waals surface area contributed by atoms with Crippen LogP contribution in [0.2, 0.25) is 0 Å². The van der Waals surface area contributed by atoms with E-state index in [-0.39, 0.29) is 11.8 Å². The number of rotatable bonds is 3. The number of amides is 1. The summed E-state index contributed by atoms with van der Waals surface area (Å²) in [5.41, 5.74) is 1.77. The standard InChI is InChI=1S/C14H19N3O/c1-10-12(16-14(18)11-4-5-11)6-7-13(15-10)17-8-2-3-9-17/h6-7,11H,2-5,8-9H2,1H3,(H,16,18). The largest absolute Gasteiger partial charge is 0.357 e. The number of nitrogens with zero attached hydrogens (tertiary/aromatic N) is 2. The maximum Gasteiger partial charge on any atom is 0.227 e. The van der Waals surface area contributed by atoms with E-state index in [4.69, 9.17) is 0 Å². The van der Waals surface area contributed by atoms with E-state index >= 15 is 0 Å². The molecule has 0 spiro atoms. The molecule has 2 heterocycles. The Labute approximate surface area is 107 Å². The van der Waals surface area contributed by atoms with Gasteiger partial charge in [-0.3, -0.25) is 4.79 Å². The predicted octanol–water partition coefficient (Wildman–Crippen LogP) is 2.34. The lowest BCUT2D eigenvalue weighted by Crippen LogP contribution is -2.20. The number of aromatic nitrogens is 1. The fraction of sp³-hybridized carbons (Fsp3) is 0.571. The van der Waals surface area contributed by atoms with Crippen LogP contribution in [0.4, 0.5) is 11.5 Å². The summed E-state index contributed by atoms with van der Waals surface area (Å²) in [6.07, 6.45) is 4.57. The third-order valence-corrected chi connectivity index (χ3v) is 3.71. The van der Waals surface area contributed by atoms with E-state index in [1.165, 1.54) is 12.8 Å². The van der Waals surface area contributed by atoms with E-state index in [1.807, 2.05) is 19.1 Å². The Kier molecular flexibility index (Phi) is 2.94. The molecule has 1 saturated carbocycles. The normalized spacial score (nSPS) is 19.1. The second-order valence-electron chi connectivity index (χ2n) is 5.26. The second kappa shape index (κ2) is 4.59. The van der Waals surface area contributed by atoms with Gasteiger partial charge in [-0.05, 0) is 44.7 Å². The summed E-state index contributed by atoms with van der Waals surface area (Å²) >= 11 is 0. The molecule has 1 N–H and O–H groups in total. The molecule has 4 heteroatoms. The molecule has 1 aromatic rings. The predicted molar refractivity (Wildman–Crippen MR) is 71.8 cm³/mol. The summed E-state index contributed by atoms with van der Waals surface area (Å²) in [6.45, 7) is 4.16. The van der Waals surface area contributed by atoms with Gasteiger partial charge in [0.2, 0.25) is 5.91 Å². The minimum absolute atomic E-state index is 0.147. The molecule has 0 bridgehead atoms. The van der Waals surface area contributed by atoms with Crippen LogP contribution in [-0.4, -0.2) is 24.0 Å². The van der Waals surface area contributed by atoms with E-state index in [0.29, 0.717) is 0 Å². The Hall–Kier alpha value is -1.58. The highest BCUT2D eigenvalue weighted by atomic mass is 16.2. The van der Waals surface area contributed by atoms with Gasteiger partial charge < -0.3 is 10.2 Å². The monoisotopic (exact) mass is 245 g/mol. The Morgan fingerprint density at radius 3 is 2.67 bits per heavy atom. The Bertz CT molecular complexity index is 462. The van der Waals surface area contributed by atoms with Crippen molar-refractivity contribution in [2.75, 3.05) is 23.3 Å². The van der Waals surface area contributed by atoms with Gasteiger partial charge in [0, 0.05) is 19.0 Å². The molecule has 18 heavy (non-hydrogen) atoms. The van der Waals surface area contributed by atoms with E-state index in [1.54, 1.807) is 0 Å². The molecule has 1 aliphatic carbocycles. The molecule has 0 atom stereocenters. The first kappa shape index (κ1) is 11.5. The van der Waals surface area contributed by atoms with Crippen LogP contribution in [0.1, 0.15) is 31.4 Å². The Morgan fingerprint density at radius 2 is 2.06 bits per heavy atom. The van der Waals surface area contributed by atoms with Gasteiger partial charge in [-0.15, -0.1) is 0 Å². The quantitative estimate of drug-likeness (QED) is 0.889. The molecule has 4 nitrogen and oxygen atoms in total. The summed E-state index contributed by atoms with van der Waals surface area (Å²) in [5, 5.41) is 2.97. The van der Waals surface area contributed by atoms with Gasteiger partial charge in [-0.1, -0.05) is 0 Å². The smallest absolute Gasteiger partial charge is 0.227 e. The van der Waals surface area contributed by atoms with Gasteiger partial charge in [0.15, 0.2) is 0 Å². The van der Waals surface area contributed by atoms with Gasteiger partial charge in [0.05, 0.1) is 11.4 Å². The summed E-state index contributed by atoms with van der Waals surface area (Å²) in [4.78, 5) is 18.6. The van der Waals surface area contributed by atoms with E-state index < -0.39 is 0 Å². The van der Waals surface area contributed by atoms with Gasteiger partial charge >= 0.3 is 0 Å². The second-order valence-corrected chi connectivity index (χ2v) is 5.26. The van der Waals surface area contributed by atoms with Crippen molar-refractivity contribution in [1.29, 1.82) is 0 Å². The lowest BCUT2D eigenvalue weighted by atomic mass is 10.2. The van der Waals surface area contributed by atoms with Crippen LogP contribution >= 0.6 is 0 Å². The molecule has 96 valence electrons. The minimum atomic E-state index is 0.147. The van der Waals surface area contributed by atoms with Crippen molar-refractivity contribution in [3.05, 3.63) is 17.8 Å². The fourth-order valence-corrected chi connectivity index (χ4v) is 2.38. The van der Waals surface area contributed by atoms with Crippen molar-refractivity contribution in [3.63, 3.8) is 0 Å². The van der Waals surface area contributed by atoms with E-state index in [2.05, 4.69) is 15.2 Å². The van der Waals surface area contributed by atoms with Gasteiger partial charge in [0.25, 0.3) is 0 Å². The molecule has 2 aliphatic rings. The fourth-order valence-electron chi connectivity index (χ4n) is 2.38. The molecular formula is C14H19N3O. The van der Waals surface area contributed by atoms with E-state index in [0.717, 1.165) is 43.1 Å². The number of hydrogen-bond donors (Lipinski definition) is 1. The lowest BCUT2D eigenvalue weighted by Gasteiger charge is -2.18. The third kappa shape index (κ3) is 2.33. The zero-order valence-corrected chi connectivity index (χ0v) is 10.8. The molecular weight excluding hydrogens is 226 g/mol. The van der Waals surface area contributed by atoms with Gasteiger partial charge in [0.1, 0.15) is 5.82 Å².